The average molecular weight is 298 g/mol. The fourth-order valence-electron chi connectivity index (χ4n) is 3.11. The highest BCUT2D eigenvalue weighted by molar-refractivity contribution is 5.91. The quantitative estimate of drug-likeness (QED) is 0.840. The van der Waals surface area contributed by atoms with E-state index in [1.54, 1.807) is 11.0 Å². The van der Waals surface area contributed by atoms with Crippen molar-refractivity contribution in [2.75, 3.05) is 25.0 Å². The van der Waals surface area contributed by atoms with E-state index in [2.05, 4.69) is 26.8 Å². The summed E-state index contributed by atoms with van der Waals surface area (Å²) in [6.07, 6.45) is 4.26. The Hall–Kier alpha value is -2.62. The van der Waals surface area contributed by atoms with Crippen molar-refractivity contribution in [2.45, 2.75) is 19.4 Å². The molecular weight excluding hydrogens is 280 g/mol. The van der Waals surface area contributed by atoms with Gasteiger partial charge in [0.05, 0.1) is 11.4 Å². The fourth-order valence-corrected chi connectivity index (χ4v) is 3.11. The molecule has 0 spiro atoms. The van der Waals surface area contributed by atoms with E-state index in [-0.39, 0.29) is 6.04 Å². The highest BCUT2D eigenvalue weighted by Crippen LogP contribution is 2.28. The number of hydrogen-bond acceptors (Lipinski definition) is 5. The van der Waals surface area contributed by atoms with Crippen LogP contribution in [-0.2, 0) is 4.79 Å². The Morgan fingerprint density at radius 3 is 3.14 bits per heavy atom. The lowest BCUT2D eigenvalue weighted by Crippen LogP contribution is -2.52. The first-order chi connectivity index (χ1) is 10.6. The number of aromatic nitrogens is 3. The number of nitrogens with zero attached hydrogens (tertiary/aromatic N) is 5. The van der Waals surface area contributed by atoms with Gasteiger partial charge in [-0.25, -0.2) is 9.97 Å². The van der Waals surface area contributed by atoms with Crippen molar-refractivity contribution in [1.29, 1.82) is 5.26 Å². The smallest absolute Gasteiger partial charge is 0.325 e. The van der Waals surface area contributed by atoms with E-state index in [1.165, 1.54) is 6.33 Å². The van der Waals surface area contributed by atoms with Crippen LogP contribution in [-0.4, -0.2) is 51.9 Å². The minimum atomic E-state index is -0.459. The Labute approximate surface area is 128 Å². The van der Waals surface area contributed by atoms with Crippen LogP contribution in [0, 0.1) is 17.2 Å². The number of likely N-dealkylation sites (tertiary alicyclic amines) is 1. The zero-order valence-corrected chi connectivity index (χ0v) is 12.7. The van der Waals surface area contributed by atoms with E-state index in [1.807, 2.05) is 19.3 Å². The third-order valence-corrected chi connectivity index (χ3v) is 4.47. The number of nitrogens with one attached hydrogen (secondary N) is 1. The number of hydrogen-bond donors (Lipinski definition) is 1. The summed E-state index contributed by atoms with van der Waals surface area (Å²) in [6.45, 7) is 3.35. The van der Waals surface area contributed by atoms with Crippen LogP contribution in [0.25, 0.3) is 11.0 Å². The molecule has 7 nitrogen and oxygen atoms in total. The van der Waals surface area contributed by atoms with E-state index in [4.69, 9.17) is 5.26 Å². The molecule has 2 atom stereocenters. The van der Waals surface area contributed by atoms with Gasteiger partial charge in [0.2, 0.25) is 0 Å². The number of carbonyl (C=O) groups is 1. The van der Waals surface area contributed by atoms with Gasteiger partial charge in [-0.15, -0.1) is 0 Å². The van der Waals surface area contributed by atoms with E-state index >= 15 is 0 Å². The zero-order chi connectivity index (χ0) is 15.7. The van der Waals surface area contributed by atoms with Crippen molar-refractivity contribution in [1.82, 2.24) is 19.9 Å². The molecule has 0 aromatic carbocycles. The lowest BCUT2D eigenvalue weighted by molar-refractivity contribution is -0.126. The van der Waals surface area contributed by atoms with E-state index in [0.29, 0.717) is 19.0 Å². The molecule has 1 fully saturated rings. The Kier molecular flexibility index (Phi) is 3.67. The number of nitriles is 1. The topological polar surface area (TPSA) is 88.9 Å². The third-order valence-electron chi connectivity index (χ3n) is 4.47. The molecule has 0 radical (unpaired) electrons. The number of aromatic amines is 1. The number of rotatable bonds is 2. The maximum absolute atomic E-state index is 11.7. The van der Waals surface area contributed by atoms with Crippen LogP contribution >= 0.6 is 0 Å². The number of fused-ring (bicyclic) bond motifs is 1. The molecule has 7 heteroatoms. The number of likely N-dealkylation sites (N-methyl/N-ethyl adjacent to an activating group) is 1. The Morgan fingerprint density at radius 1 is 1.55 bits per heavy atom. The molecule has 1 amide bonds. The van der Waals surface area contributed by atoms with Crippen LogP contribution < -0.4 is 4.90 Å². The second kappa shape index (κ2) is 5.64. The molecule has 3 heterocycles. The van der Waals surface area contributed by atoms with E-state index in [9.17, 15) is 4.79 Å². The van der Waals surface area contributed by atoms with Gasteiger partial charge in [0.25, 0.3) is 0 Å². The SMILES string of the molecule is C[C@@H]1CCN(C(=O)C#N)C[C@@H]1N(C)c1ncnc2[nH]ccc12. The second-order valence-corrected chi connectivity index (χ2v) is 5.74. The first-order valence-electron chi connectivity index (χ1n) is 7.31. The van der Waals surface area contributed by atoms with Gasteiger partial charge >= 0.3 is 5.91 Å². The first-order valence-corrected chi connectivity index (χ1v) is 7.31. The number of carbonyl (C=O) groups excluding carboxylic acids is 1. The van der Waals surface area contributed by atoms with Crippen molar-refractivity contribution in [3.05, 3.63) is 18.6 Å². The van der Waals surface area contributed by atoms with Crippen LogP contribution in [0.1, 0.15) is 13.3 Å². The van der Waals surface area contributed by atoms with Gasteiger partial charge < -0.3 is 14.8 Å². The summed E-state index contributed by atoms with van der Waals surface area (Å²) in [5.74, 6) is 0.797. The second-order valence-electron chi connectivity index (χ2n) is 5.74. The van der Waals surface area contributed by atoms with Gasteiger partial charge in [-0.05, 0) is 18.4 Å². The summed E-state index contributed by atoms with van der Waals surface area (Å²) in [5.41, 5.74) is 0.797. The summed E-state index contributed by atoms with van der Waals surface area (Å²) in [5, 5.41) is 9.79. The molecule has 1 aliphatic heterocycles. The molecule has 114 valence electrons. The van der Waals surface area contributed by atoms with Crippen molar-refractivity contribution >= 4 is 22.8 Å². The van der Waals surface area contributed by atoms with Crippen LogP contribution in [0.4, 0.5) is 5.82 Å². The van der Waals surface area contributed by atoms with Gasteiger partial charge in [0, 0.05) is 26.3 Å². The summed E-state index contributed by atoms with van der Waals surface area (Å²) < 4.78 is 0. The standard InChI is InChI=1S/C15H18N6O/c1-10-4-6-21(13(22)7-16)8-12(10)20(2)15-11-3-5-17-14(11)18-9-19-15/h3,5,9-10,12H,4,6,8H2,1-2H3,(H,17,18,19)/t10-,12+/m1/s1. The van der Waals surface area contributed by atoms with Crippen molar-refractivity contribution in [3.8, 4) is 6.07 Å². The highest BCUT2D eigenvalue weighted by Gasteiger charge is 2.32. The summed E-state index contributed by atoms with van der Waals surface area (Å²) in [7, 11) is 1.98. The van der Waals surface area contributed by atoms with E-state index in [0.717, 1.165) is 23.3 Å². The van der Waals surface area contributed by atoms with Gasteiger partial charge in [-0.2, -0.15) is 5.26 Å². The van der Waals surface area contributed by atoms with E-state index < -0.39 is 5.91 Å². The number of anilines is 1. The van der Waals surface area contributed by atoms with Gasteiger partial charge in [-0.3, -0.25) is 4.79 Å². The van der Waals surface area contributed by atoms with Crippen molar-refractivity contribution in [3.63, 3.8) is 0 Å². The molecule has 3 rings (SSSR count). The van der Waals surface area contributed by atoms with Gasteiger partial charge in [0.1, 0.15) is 17.8 Å². The molecule has 0 saturated carbocycles. The molecule has 0 unspecified atom stereocenters. The Bertz CT molecular complexity index is 733. The molecule has 1 N–H and O–H groups in total. The molecular formula is C15H18N6O. The Morgan fingerprint density at radius 2 is 2.36 bits per heavy atom. The number of amides is 1. The van der Waals surface area contributed by atoms with Crippen molar-refractivity contribution < 1.29 is 4.79 Å². The lowest BCUT2D eigenvalue weighted by atomic mass is 9.92. The average Bonchev–Trinajstić information content (AvgIpc) is 3.02. The normalized spacial score (nSPS) is 21.6. The van der Waals surface area contributed by atoms with Crippen LogP contribution in [0.3, 0.4) is 0 Å². The predicted molar refractivity (Wildman–Crippen MR) is 82.1 cm³/mol. The predicted octanol–water partition coefficient (Wildman–Crippen LogP) is 1.15. The zero-order valence-electron chi connectivity index (χ0n) is 12.7. The largest absolute Gasteiger partial charge is 0.354 e. The molecule has 1 saturated heterocycles. The summed E-state index contributed by atoms with van der Waals surface area (Å²) in [4.78, 5) is 27.1. The van der Waals surface area contributed by atoms with Gasteiger partial charge in [-0.1, -0.05) is 6.92 Å². The van der Waals surface area contributed by atoms with Gasteiger partial charge in [0.15, 0.2) is 6.07 Å². The maximum atomic E-state index is 11.7. The minimum Gasteiger partial charge on any atom is -0.354 e. The molecule has 22 heavy (non-hydrogen) atoms. The maximum Gasteiger partial charge on any atom is 0.325 e. The molecule has 0 bridgehead atoms. The summed E-state index contributed by atoms with van der Waals surface area (Å²) in [6, 6.07) is 3.79. The molecule has 1 aliphatic rings. The lowest BCUT2D eigenvalue weighted by Gasteiger charge is -2.41. The van der Waals surface area contributed by atoms with Crippen LogP contribution in [0.2, 0.25) is 0 Å². The fraction of sp³-hybridized carbons (Fsp3) is 0.467. The molecule has 0 aliphatic carbocycles. The molecule has 2 aromatic heterocycles. The number of H-pyrrole nitrogens is 1. The minimum absolute atomic E-state index is 0.124. The highest BCUT2D eigenvalue weighted by atomic mass is 16.2. The first kappa shape index (κ1) is 14.3. The van der Waals surface area contributed by atoms with Crippen LogP contribution in [0.15, 0.2) is 18.6 Å². The van der Waals surface area contributed by atoms with Crippen molar-refractivity contribution in [2.24, 2.45) is 5.92 Å². The third kappa shape index (κ3) is 2.37. The molecule has 2 aromatic rings. The van der Waals surface area contributed by atoms with Crippen LogP contribution in [0.5, 0.6) is 0 Å². The summed E-state index contributed by atoms with van der Waals surface area (Å²) >= 11 is 0. The Balaban J connectivity index is 1.90. The number of piperidine rings is 1. The monoisotopic (exact) mass is 298 g/mol.